The van der Waals surface area contributed by atoms with Gasteiger partial charge in [-0.25, -0.2) is 9.78 Å². The second-order valence-corrected chi connectivity index (χ2v) is 8.51. The van der Waals surface area contributed by atoms with Gasteiger partial charge in [-0.05, 0) is 42.2 Å². The van der Waals surface area contributed by atoms with Crippen LogP contribution in [0.1, 0.15) is 46.1 Å². The highest BCUT2D eigenvalue weighted by Crippen LogP contribution is 2.35. The number of aromatic nitrogens is 1. The Morgan fingerprint density at radius 1 is 1.00 bits per heavy atom. The third-order valence-corrected chi connectivity index (χ3v) is 4.78. The predicted molar refractivity (Wildman–Crippen MR) is 129 cm³/mol. The minimum absolute atomic E-state index is 0.0967. The molecule has 0 aliphatic carbocycles. The maximum absolute atomic E-state index is 12.6. The summed E-state index contributed by atoms with van der Waals surface area (Å²) in [6, 6.07) is 18.3. The van der Waals surface area contributed by atoms with Crippen LogP contribution >= 0.6 is 0 Å². The first-order valence-electron chi connectivity index (χ1n) is 10.9. The number of unbranched alkanes of at least 4 members (excludes halogenated alkanes) is 1. The summed E-state index contributed by atoms with van der Waals surface area (Å²) >= 11 is 0. The largest absolute Gasteiger partial charge is 0.494 e. The third kappa shape index (κ3) is 6.48. The molecule has 1 aromatic heterocycles. The molecule has 0 saturated heterocycles. The molecule has 168 valence electrons. The van der Waals surface area contributed by atoms with E-state index in [1.807, 2.05) is 42.5 Å². The molecule has 6 heteroatoms. The number of pyridine rings is 1. The van der Waals surface area contributed by atoms with Gasteiger partial charge in [0, 0.05) is 23.5 Å². The Balaban J connectivity index is 1.71. The van der Waals surface area contributed by atoms with Crippen LogP contribution in [0.2, 0.25) is 0 Å². The van der Waals surface area contributed by atoms with Crippen LogP contribution in [-0.2, 0) is 5.41 Å². The van der Waals surface area contributed by atoms with Crippen molar-refractivity contribution in [2.45, 2.75) is 46.0 Å². The molecule has 0 spiro atoms. The summed E-state index contributed by atoms with van der Waals surface area (Å²) in [7, 11) is 0. The third-order valence-electron chi connectivity index (χ3n) is 4.78. The average molecular weight is 434 g/mol. The summed E-state index contributed by atoms with van der Waals surface area (Å²) in [5.74, 6) is 1.76. The van der Waals surface area contributed by atoms with Crippen LogP contribution in [0.4, 0.5) is 16.2 Å². The maximum atomic E-state index is 12.6. The average Bonchev–Trinajstić information content (AvgIpc) is 2.75. The second kappa shape index (κ2) is 10.7. The SMILES string of the molecule is CCCCOc1cccc(NC(=O)Nc2cccnc2Oc2ccccc2C(C)(C)C)c1. The predicted octanol–water partition coefficient (Wildman–Crippen LogP) is 6.99. The lowest BCUT2D eigenvalue weighted by atomic mass is 9.86. The van der Waals surface area contributed by atoms with E-state index in [0.717, 1.165) is 24.2 Å². The normalized spacial score (nSPS) is 11.0. The van der Waals surface area contributed by atoms with Crippen molar-refractivity contribution in [2.24, 2.45) is 0 Å². The van der Waals surface area contributed by atoms with Crippen LogP contribution in [0.5, 0.6) is 17.4 Å². The van der Waals surface area contributed by atoms with Gasteiger partial charge in [-0.15, -0.1) is 0 Å². The number of nitrogens with one attached hydrogen (secondary N) is 2. The molecule has 0 bridgehead atoms. The van der Waals surface area contributed by atoms with Gasteiger partial charge in [-0.3, -0.25) is 0 Å². The van der Waals surface area contributed by atoms with Crippen molar-refractivity contribution in [2.75, 3.05) is 17.2 Å². The van der Waals surface area contributed by atoms with Crippen LogP contribution in [0.15, 0.2) is 66.9 Å². The molecular formula is C26H31N3O3. The summed E-state index contributed by atoms with van der Waals surface area (Å²) in [4.78, 5) is 17.0. The Morgan fingerprint density at radius 2 is 1.81 bits per heavy atom. The Kier molecular flexibility index (Phi) is 7.71. The van der Waals surface area contributed by atoms with E-state index in [1.165, 1.54) is 0 Å². The van der Waals surface area contributed by atoms with Gasteiger partial charge in [0.05, 0.1) is 6.61 Å². The number of para-hydroxylation sites is 1. The lowest BCUT2D eigenvalue weighted by molar-refractivity contribution is 0.262. The van der Waals surface area contributed by atoms with Gasteiger partial charge in [0.25, 0.3) is 0 Å². The first kappa shape index (κ1) is 23.1. The number of benzene rings is 2. The van der Waals surface area contributed by atoms with Crippen molar-refractivity contribution in [3.05, 3.63) is 72.4 Å². The van der Waals surface area contributed by atoms with E-state index in [1.54, 1.807) is 24.4 Å². The molecule has 0 aliphatic rings. The first-order chi connectivity index (χ1) is 15.4. The van der Waals surface area contributed by atoms with Gasteiger partial charge in [-0.2, -0.15) is 0 Å². The van der Waals surface area contributed by atoms with Crippen molar-refractivity contribution in [3.8, 4) is 17.4 Å². The molecule has 2 N–H and O–H groups in total. The number of rotatable bonds is 8. The van der Waals surface area contributed by atoms with Gasteiger partial charge < -0.3 is 20.1 Å². The number of hydrogen-bond donors (Lipinski definition) is 2. The van der Waals surface area contributed by atoms with Crippen LogP contribution in [-0.4, -0.2) is 17.6 Å². The molecule has 2 aromatic carbocycles. The summed E-state index contributed by atoms with van der Waals surface area (Å²) in [6.45, 7) is 9.14. The fraction of sp³-hybridized carbons (Fsp3) is 0.308. The van der Waals surface area contributed by atoms with Gasteiger partial charge in [0.2, 0.25) is 5.88 Å². The standard InChI is InChI=1S/C26H31N3O3/c1-5-6-17-31-20-12-9-11-19(18-20)28-25(30)29-22-14-10-16-27-24(22)32-23-15-8-7-13-21(23)26(2,3)4/h7-16,18H,5-6,17H2,1-4H3,(H2,28,29,30). The zero-order valence-electron chi connectivity index (χ0n) is 19.1. The van der Waals surface area contributed by atoms with E-state index in [4.69, 9.17) is 9.47 Å². The van der Waals surface area contributed by atoms with E-state index < -0.39 is 6.03 Å². The zero-order valence-corrected chi connectivity index (χ0v) is 19.1. The van der Waals surface area contributed by atoms with Gasteiger partial charge >= 0.3 is 6.03 Å². The number of amides is 2. The Morgan fingerprint density at radius 3 is 2.59 bits per heavy atom. The van der Waals surface area contributed by atoms with Crippen molar-refractivity contribution in [1.82, 2.24) is 4.98 Å². The molecule has 3 aromatic rings. The smallest absolute Gasteiger partial charge is 0.323 e. The van der Waals surface area contributed by atoms with E-state index in [0.29, 0.717) is 29.6 Å². The topological polar surface area (TPSA) is 72.5 Å². The van der Waals surface area contributed by atoms with E-state index in [-0.39, 0.29) is 5.41 Å². The summed E-state index contributed by atoms with van der Waals surface area (Å²) < 4.78 is 11.8. The number of anilines is 2. The number of carbonyl (C=O) groups excluding carboxylic acids is 1. The highest BCUT2D eigenvalue weighted by Gasteiger charge is 2.20. The Labute approximate surface area is 190 Å². The quantitative estimate of drug-likeness (QED) is 0.375. The minimum Gasteiger partial charge on any atom is -0.494 e. The summed E-state index contributed by atoms with van der Waals surface area (Å²) in [6.07, 6.45) is 3.69. The fourth-order valence-electron chi connectivity index (χ4n) is 3.13. The summed E-state index contributed by atoms with van der Waals surface area (Å²) in [5, 5.41) is 5.67. The molecule has 0 fully saturated rings. The van der Waals surface area contributed by atoms with Crippen LogP contribution < -0.4 is 20.1 Å². The minimum atomic E-state index is -0.391. The van der Waals surface area contributed by atoms with E-state index in [2.05, 4.69) is 43.3 Å². The molecule has 1 heterocycles. The molecule has 0 unspecified atom stereocenters. The van der Waals surface area contributed by atoms with Crippen molar-refractivity contribution < 1.29 is 14.3 Å². The van der Waals surface area contributed by atoms with Gasteiger partial charge in [-0.1, -0.05) is 58.4 Å². The highest BCUT2D eigenvalue weighted by atomic mass is 16.5. The van der Waals surface area contributed by atoms with Crippen molar-refractivity contribution in [1.29, 1.82) is 0 Å². The highest BCUT2D eigenvalue weighted by molar-refractivity contribution is 6.00. The molecule has 32 heavy (non-hydrogen) atoms. The molecule has 0 radical (unpaired) electrons. The molecule has 0 atom stereocenters. The lowest BCUT2D eigenvalue weighted by Crippen LogP contribution is -2.20. The molecule has 0 aliphatic heterocycles. The first-order valence-corrected chi connectivity index (χ1v) is 10.9. The van der Waals surface area contributed by atoms with Crippen molar-refractivity contribution in [3.63, 3.8) is 0 Å². The summed E-state index contributed by atoms with van der Waals surface area (Å²) in [5.41, 5.74) is 2.08. The van der Waals surface area contributed by atoms with Gasteiger partial charge in [0.1, 0.15) is 17.2 Å². The number of nitrogens with zero attached hydrogens (tertiary/aromatic N) is 1. The van der Waals surface area contributed by atoms with Gasteiger partial charge in [0.15, 0.2) is 0 Å². The van der Waals surface area contributed by atoms with Crippen molar-refractivity contribution >= 4 is 17.4 Å². The Hall–Kier alpha value is -3.54. The zero-order chi connectivity index (χ0) is 23.0. The number of urea groups is 1. The van der Waals surface area contributed by atoms with Crippen LogP contribution in [0, 0.1) is 0 Å². The Bertz CT molecular complexity index is 1040. The maximum Gasteiger partial charge on any atom is 0.323 e. The monoisotopic (exact) mass is 433 g/mol. The lowest BCUT2D eigenvalue weighted by Gasteiger charge is -2.22. The molecule has 2 amide bonds. The molecule has 6 nitrogen and oxygen atoms in total. The van der Waals surface area contributed by atoms with Crippen LogP contribution in [0.3, 0.4) is 0 Å². The number of carbonyl (C=O) groups is 1. The molecule has 0 saturated carbocycles. The van der Waals surface area contributed by atoms with Crippen LogP contribution in [0.25, 0.3) is 0 Å². The van der Waals surface area contributed by atoms with E-state index >= 15 is 0 Å². The molecule has 3 rings (SSSR count). The number of hydrogen-bond acceptors (Lipinski definition) is 4. The van der Waals surface area contributed by atoms with E-state index in [9.17, 15) is 4.79 Å². The molecular weight excluding hydrogens is 402 g/mol. The fourth-order valence-corrected chi connectivity index (χ4v) is 3.13. The number of ether oxygens (including phenoxy) is 2. The second-order valence-electron chi connectivity index (χ2n) is 8.51.